The van der Waals surface area contributed by atoms with E-state index in [1.54, 1.807) is 6.92 Å². The van der Waals surface area contributed by atoms with E-state index in [1.807, 2.05) is 10.6 Å². The van der Waals surface area contributed by atoms with Crippen LogP contribution in [0.25, 0.3) is 0 Å². The van der Waals surface area contributed by atoms with Crippen molar-refractivity contribution in [3.8, 4) is 6.07 Å². The number of aromatic nitrogens is 2. The first-order valence-electron chi connectivity index (χ1n) is 5.30. The zero-order valence-corrected chi connectivity index (χ0v) is 11.1. The Kier molecular flexibility index (Phi) is 3.17. The molecule has 1 aromatic heterocycles. The smallest absolute Gasteiger partial charge is 0.334 e. The number of allylic oxidation sites excluding steroid dienone is 1. The van der Waals surface area contributed by atoms with Crippen LogP contribution in [0.5, 0.6) is 0 Å². The third-order valence-corrected chi connectivity index (χ3v) is 3.50. The van der Waals surface area contributed by atoms with Gasteiger partial charge in [0.25, 0.3) is 11.4 Å². The van der Waals surface area contributed by atoms with E-state index >= 15 is 0 Å². The second-order valence-electron chi connectivity index (χ2n) is 4.06. The molecule has 1 aliphatic rings. The van der Waals surface area contributed by atoms with Crippen molar-refractivity contribution < 1.29 is 18.0 Å². The van der Waals surface area contributed by atoms with Gasteiger partial charge in [0, 0.05) is 5.70 Å². The van der Waals surface area contributed by atoms with Crippen LogP contribution in [0.4, 0.5) is 18.3 Å². The molecule has 0 aliphatic carbocycles. The van der Waals surface area contributed by atoms with E-state index in [9.17, 15) is 18.0 Å². The number of nitrogens with one attached hydrogen (secondary N) is 2. The summed E-state index contributed by atoms with van der Waals surface area (Å²) in [5.41, 5.74) is -3.98. The maximum atomic E-state index is 13.4. The van der Waals surface area contributed by atoms with E-state index in [0.29, 0.717) is 5.01 Å². The van der Waals surface area contributed by atoms with Crippen LogP contribution in [0.15, 0.2) is 11.3 Å². The highest BCUT2D eigenvalue weighted by Crippen LogP contribution is 2.43. The molecular weight excluding hydrogens is 295 g/mol. The molecule has 106 valence electrons. The van der Waals surface area contributed by atoms with Crippen LogP contribution < -0.4 is 10.6 Å². The van der Waals surface area contributed by atoms with Gasteiger partial charge in [-0.2, -0.15) is 18.4 Å². The second-order valence-corrected chi connectivity index (χ2v) is 5.25. The van der Waals surface area contributed by atoms with Crippen molar-refractivity contribution in [1.82, 2.24) is 15.5 Å². The number of hydrogen-bond acceptors (Lipinski definition) is 6. The van der Waals surface area contributed by atoms with E-state index < -0.39 is 23.2 Å². The first-order chi connectivity index (χ1) is 9.22. The van der Waals surface area contributed by atoms with Crippen LogP contribution in [0, 0.1) is 18.3 Å². The highest BCUT2D eigenvalue weighted by atomic mass is 32.1. The van der Waals surface area contributed by atoms with Crippen molar-refractivity contribution in [3.05, 3.63) is 16.3 Å². The average Bonchev–Trinajstić information content (AvgIpc) is 2.82. The van der Waals surface area contributed by atoms with Crippen molar-refractivity contribution in [2.75, 3.05) is 5.32 Å². The zero-order valence-electron chi connectivity index (χ0n) is 10.3. The Hall–Kier alpha value is -2.15. The molecule has 20 heavy (non-hydrogen) atoms. The van der Waals surface area contributed by atoms with Crippen LogP contribution in [-0.4, -0.2) is 27.8 Å². The summed E-state index contributed by atoms with van der Waals surface area (Å²) in [4.78, 5) is 11.8. The molecule has 0 aromatic carbocycles. The van der Waals surface area contributed by atoms with Gasteiger partial charge in [-0.25, -0.2) is 0 Å². The third-order valence-electron chi connectivity index (χ3n) is 2.75. The average molecular weight is 303 g/mol. The summed E-state index contributed by atoms with van der Waals surface area (Å²) in [5.74, 6) is -1.35. The van der Waals surface area contributed by atoms with E-state index in [1.165, 1.54) is 13.0 Å². The number of alkyl halides is 3. The molecule has 2 heterocycles. The van der Waals surface area contributed by atoms with Gasteiger partial charge in [-0.1, -0.05) is 11.3 Å². The van der Waals surface area contributed by atoms with Gasteiger partial charge in [-0.05, 0) is 13.8 Å². The summed E-state index contributed by atoms with van der Waals surface area (Å²) in [6.45, 7) is 2.79. The predicted molar refractivity (Wildman–Crippen MR) is 63.5 cm³/mol. The highest BCUT2D eigenvalue weighted by molar-refractivity contribution is 7.15. The summed E-state index contributed by atoms with van der Waals surface area (Å²) >= 11 is 0.860. The molecule has 0 saturated heterocycles. The molecule has 6 nitrogen and oxygen atoms in total. The van der Waals surface area contributed by atoms with Crippen molar-refractivity contribution in [1.29, 1.82) is 5.26 Å². The molecule has 2 N–H and O–H groups in total. The largest absolute Gasteiger partial charge is 0.425 e. The Morgan fingerprint density at radius 1 is 1.40 bits per heavy atom. The number of anilines is 1. The van der Waals surface area contributed by atoms with Gasteiger partial charge in [0.2, 0.25) is 5.13 Å². The lowest BCUT2D eigenvalue weighted by atomic mass is 9.90. The lowest BCUT2D eigenvalue weighted by Crippen LogP contribution is -2.59. The summed E-state index contributed by atoms with van der Waals surface area (Å²) in [7, 11) is 0. The molecule has 0 fully saturated rings. The van der Waals surface area contributed by atoms with Crippen molar-refractivity contribution in [2.45, 2.75) is 25.6 Å². The molecule has 0 radical (unpaired) electrons. The maximum absolute atomic E-state index is 13.4. The molecule has 10 heteroatoms. The Morgan fingerprint density at radius 2 is 2.05 bits per heavy atom. The standard InChI is InChI=1S/C10H8F3N5OS/c1-4-6(3-14)9(7(19)15-4,10(11,12)13)16-8-18-17-5(2)20-8/h1-2H3,(H,15,19)(H,16,18)/t9-/m1/s1. The normalized spacial score (nSPS) is 22.7. The quantitative estimate of drug-likeness (QED) is 0.863. The van der Waals surface area contributed by atoms with Gasteiger partial charge in [-0.3, -0.25) is 4.79 Å². The number of aryl methyl sites for hydroxylation is 1. The number of nitriles is 1. The number of rotatable bonds is 2. The minimum atomic E-state index is -5.00. The molecular formula is C10H8F3N5OS. The minimum Gasteiger partial charge on any atom is -0.334 e. The monoisotopic (exact) mass is 303 g/mol. The molecule has 2 rings (SSSR count). The molecule has 1 aromatic rings. The summed E-state index contributed by atoms with van der Waals surface area (Å²) in [6.07, 6.45) is -5.00. The van der Waals surface area contributed by atoms with Gasteiger partial charge >= 0.3 is 6.18 Å². The maximum Gasteiger partial charge on any atom is 0.425 e. The Balaban J connectivity index is 2.58. The molecule has 0 spiro atoms. The highest BCUT2D eigenvalue weighted by Gasteiger charge is 2.67. The van der Waals surface area contributed by atoms with E-state index in [4.69, 9.17) is 5.26 Å². The van der Waals surface area contributed by atoms with Crippen molar-refractivity contribution >= 4 is 22.4 Å². The fourth-order valence-electron chi connectivity index (χ4n) is 1.86. The Bertz CT molecular complexity index is 644. The minimum absolute atomic E-state index is 0.136. The lowest BCUT2D eigenvalue weighted by Gasteiger charge is -2.29. The van der Waals surface area contributed by atoms with Gasteiger partial charge in [0.05, 0.1) is 11.6 Å². The molecule has 1 amide bonds. The van der Waals surface area contributed by atoms with Gasteiger partial charge in [0.1, 0.15) is 5.01 Å². The Morgan fingerprint density at radius 3 is 2.50 bits per heavy atom. The number of amides is 1. The fourth-order valence-corrected chi connectivity index (χ4v) is 2.50. The number of nitrogens with zero attached hydrogens (tertiary/aromatic N) is 3. The molecule has 1 atom stereocenters. The van der Waals surface area contributed by atoms with Crippen LogP contribution in [-0.2, 0) is 4.79 Å². The molecule has 0 bridgehead atoms. The van der Waals surface area contributed by atoms with Gasteiger partial charge in [-0.15, -0.1) is 10.2 Å². The second kappa shape index (κ2) is 4.45. The predicted octanol–water partition coefficient (Wildman–Crippen LogP) is 1.49. The van der Waals surface area contributed by atoms with Crippen molar-refractivity contribution in [2.24, 2.45) is 0 Å². The fraction of sp³-hybridized carbons (Fsp3) is 0.400. The number of hydrogen-bond donors (Lipinski definition) is 2. The van der Waals surface area contributed by atoms with E-state index in [0.717, 1.165) is 11.3 Å². The van der Waals surface area contributed by atoms with Gasteiger partial charge < -0.3 is 10.6 Å². The molecule has 0 unspecified atom stereocenters. The van der Waals surface area contributed by atoms with Crippen molar-refractivity contribution in [3.63, 3.8) is 0 Å². The lowest BCUT2D eigenvalue weighted by molar-refractivity contribution is -0.174. The zero-order chi connectivity index (χ0) is 15.1. The van der Waals surface area contributed by atoms with Crippen LogP contribution in [0.3, 0.4) is 0 Å². The summed E-state index contributed by atoms with van der Waals surface area (Å²) < 4.78 is 40.3. The number of halogens is 3. The van der Waals surface area contributed by atoms with Crippen LogP contribution >= 0.6 is 11.3 Å². The number of carbonyl (C=O) groups is 1. The van der Waals surface area contributed by atoms with E-state index in [2.05, 4.69) is 10.2 Å². The SMILES string of the molecule is CC1=C(C#N)[C@](Nc2nnc(C)s2)(C(F)(F)F)C(=O)N1. The van der Waals surface area contributed by atoms with Crippen LogP contribution in [0.2, 0.25) is 0 Å². The topological polar surface area (TPSA) is 90.7 Å². The first-order valence-corrected chi connectivity index (χ1v) is 6.12. The third kappa shape index (κ3) is 1.90. The summed E-state index contributed by atoms with van der Waals surface area (Å²) in [5, 5.41) is 20.4. The Labute approximate surface area is 115 Å². The van der Waals surface area contributed by atoms with E-state index in [-0.39, 0.29) is 10.8 Å². The first kappa shape index (κ1) is 14.3. The molecule has 0 saturated carbocycles. The molecule has 1 aliphatic heterocycles. The summed E-state index contributed by atoms with van der Waals surface area (Å²) in [6, 6.07) is 1.44. The van der Waals surface area contributed by atoms with Crippen LogP contribution in [0.1, 0.15) is 11.9 Å². The van der Waals surface area contributed by atoms with Gasteiger partial charge in [0.15, 0.2) is 0 Å². The number of carbonyl (C=O) groups excluding carboxylic acids is 1.